The Morgan fingerprint density at radius 1 is 1.00 bits per heavy atom. The van der Waals surface area contributed by atoms with Gasteiger partial charge in [0, 0.05) is 5.69 Å². The van der Waals surface area contributed by atoms with Gasteiger partial charge in [-0.2, -0.15) is 0 Å². The molecule has 2 aromatic rings. The number of benzene rings is 2. The average molecular weight is 311 g/mol. The van der Waals surface area contributed by atoms with Gasteiger partial charge in [-0.05, 0) is 43.4 Å². The molecule has 0 saturated carbocycles. The van der Waals surface area contributed by atoms with Gasteiger partial charge in [0.25, 0.3) is 0 Å². The summed E-state index contributed by atoms with van der Waals surface area (Å²) >= 11 is 17.2. The molecule has 98 valence electrons. The lowest BCUT2D eigenvalue weighted by atomic mass is 10.2. The number of rotatable bonds is 2. The van der Waals surface area contributed by atoms with Gasteiger partial charge >= 0.3 is 0 Å². The second-order valence-electron chi connectivity index (χ2n) is 4.05. The van der Waals surface area contributed by atoms with Crippen molar-refractivity contribution in [1.82, 2.24) is 0 Å². The van der Waals surface area contributed by atoms with Crippen molar-refractivity contribution in [3.63, 3.8) is 0 Å². The smallest absolute Gasteiger partial charge is 0.175 e. The first kappa shape index (κ1) is 14.1. The third kappa shape index (κ3) is 3.83. The molecule has 2 nitrogen and oxygen atoms in total. The molecule has 0 saturated heterocycles. The van der Waals surface area contributed by atoms with Gasteiger partial charge in [-0.3, -0.25) is 0 Å². The molecular weight excluding hydrogens is 299 g/mol. The highest BCUT2D eigenvalue weighted by atomic mass is 35.5. The lowest BCUT2D eigenvalue weighted by Crippen LogP contribution is -2.19. The fraction of sp³-hybridized carbons (Fsp3) is 0.0714. The Morgan fingerprint density at radius 2 is 1.68 bits per heavy atom. The normalized spacial score (nSPS) is 10.1. The van der Waals surface area contributed by atoms with Gasteiger partial charge in [-0.15, -0.1) is 0 Å². The molecule has 0 aliphatic heterocycles. The third-order valence-electron chi connectivity index (χ3n) is 2.51. The van der Waals surface area contributed by atoms with Crippen molar-refractivity contribution in [3.8, 4) is 0 Å². The Kier molecular flexibility index (Phi) is 4.64. The Bertz CT molecular complexity index is 597. The predicted molar refractivity (Wildman–Crippen MR) is 87.5 cm³/mol. The predicted octanol–water partition coefficient (Wildman–Crippen LogP) is 5.11. The molecule has 0 aliphatic rings. The fourth-order valence-electron chi connectivity index (χ4n) is 1.52. The van der Waals surface area contributed by atoms with E-state index < -0.39 is 0 Å². The van der Waals surface area contributed by atoms with Crippen LogP contribution in [0.5, 0.6) is 0 Å². The van der Waals surface area contributed by atoms with Gasteiger partial charge in [0.15, 0.2) is 5.11 Å². The molecule has 0 atom stereocenters. The Labute approximate surface area is 127 Å². The number of nitrogens with one attached hydrogen (secondary N) is 2. The summed E-state index contributed by atoms with van der Waals surface area (Å²) in [5.41, 5.74) is 2.79. The largest absolute Gasteiger partial charge is 0.332 e. The van der Waals surface area contributed by atoms with E-state index in [4.69, 9.17) is 35.4 Å². The van der Waals surface area contributed by atoms with Crippen molar-refractivity contribution in [2.45, 2.75) is 6.92 Å². The second-order valence-corrected chi connectivity index (χ2v) is 5.24. The van der Waals surface area contributed by atoms with E-state index in [1.54, 1.807) is 6.07 Å². The zero-order valence-electron chi connectivity index (χ0n) is 10.2. The molecular formula is C14H12Cl2N2S. The molecule has 2 rings (SSSR count). The maximum atomic E-state index is 6.08. The van der Waals surface area contributed by atoms with E-state index in [9.17, 15) is 0 Å². The lowest BCUT2D eigenvalue weighted by Gasteiger charge is -2.12. The Hall–Kier alpha value is -1.29. The molecule has 0 spiro atoms. The van der Waals surface area contributed by atoms with Crippen LogP contribution in [0.4, 0.5) is 11.4 Å². The Balaban J connectivity index is 2.05. The molecule has 0 aliphatic carbocycles. The zero-order chi connectivity index (χ0) is 13.8. The first-order valence-electron chi connectivity index (χ1n) is 5.65. The van der Waals surface area contributed by atoms with Crippen LogP contribution in [0, 0.1) is 6.92 Å². The molecule has 19 heavy (non-hydrogen) atoms. The number of hydrogen-bond acceptors (Lipinski definition) is 1. The van der Waals surface area contributed by atoms with E-state index >= 15 is 0 Å². The highest BCUT2D eigenvalue weighted by Gasteiger charge is 2.05. The van der Waals surface area contributed by atoms with Crippen LogP contribution < -0.4 is 10.6 Å². The molecule has 0 fully saturated rings. The van der Waals surface area contributed by atoms with Crippen LogP contribution in [-0.4, -0.2) is 5.11 Å². The minimum Gasteiger partial charge on any atom is -0.332 e. The molecule has 0 aromatic heterocycles. The summed E-state index contributed by atoms with van der Waals surface area (Å²) in [7, 11) is 0. The molecule has 0 bridgehead atoms. The van der Waals surface area contributed by atoms with Gasteiger partial charge in [-0.25, -0.2) is 0 Å². The summed E-state index contributed by atoms with van der Waals surface area (Å²) < 4.78 is 0. The number of hydrogen-bond donors (Lipinski definition) is 2. The Morgan fingerprint density at radius 3 is 2.37 bits per heavy atom. The highest BCUT2D eigenvalue weighted by molar-refractivity contribution is 7.80. The van der Waals surface area contributed by atoms with Crippen LogP contribution in [0.25, 0.3) is 0 Å². The maximum absolute atomic E-state index is 6.08. The van der Waals surface area contributed by atoms with Gasteiger partial charge in [-0.1, -0.05) is 47.0 Å². The van der Waals surface area contributed by atoms with E-state index in [0.29, 0.717) is 20.8 Å². The molecule has 0 radical (unpaired) electrons. The maximum Gasteiger partial charge on any atom is 0.175 e. The first-order chi connectivity index (χ1) is 9.06. The van der Waals surface area contributed by atoms with E-state index in [1.165, 1.54) is 5.56 Å². The van der Waals surface area contributed by atoms with E-state index in [2.05, 4.69) is 10.6 Å². The zero-order valence-corrected chi connectivity index (χ0v) is 12.5. The van der Waals surface area contributed by atoms with Gasteiger partial charge < -0.3 is 10.6 Å². The van der Waals surface area contributed by atoms with Crippen LogP contribution in [0.15, 0.2) is 42.5 Å². The first-order valence-corrected chi connectivity index (χ1v) is 6.81. The van der Waals surface area contributed by atoms with Gasteiger partial charge in [0.05, 0.1) is 15.7 Å². The summed E-state index contributed by atoms with van der Waals surface area (Å²) in [6, 6.07) is 13.3. The fourth-order valence-corrected chi connectivity index (χ4v) is 2.10. The van der Waals surface area contributed by atoms with Crippen LogP contribution in [0.3, 0.4) is 0 Å². The quantitative estimate of drug-likeness (QED) is 0.754. The lowest BCUT2D eigenvalue weighted by molar-refractivity contribution is 1.47. The summed E-state index contributed by atoms with van der Waals surface area (Å²) in [6.07, 6.45) is 0. The summed E-state index contributed by atoms with van der Waals surface area (Å²) in [6.45, 7) is 2.03. The van der Waals surface area contributed by atoms with Gasteiger partial charge in [0.2, 0.25) is 0 Å². The van der Waals surface area contributed by atoms with E-state index in [0.717, 1.165) is 5.69 Å². The van der Waals surface area contributed by atoms with Crippen LogP contribution >= 0.6 is 35.4 Å². The number of anilines is 2. The minimum atomic E-state index is 0.456. The standard InChI is InChI=1S/C14H12Cl2N2S/c1-9-5-7-10(8-6-9)17-14(19)18-12-4-2-3-11(15)13(12)16/h2-8H,1H3,(H2,17,18,19). The summed E-state index contributed by atoms with van der Waals surface area (Å²) in [5, 5.41) is 7.51. The molecule has 5 heteroatoms. The van der Waals surface area contributed by atoms with Crippen LogP contribution in [0.1, 0.15) is 5.56 Å². The molecule has 0 unspecified atom stereocenters. The molecule has 0 heterocycles. The number of aryl methyl sites for hydroxylation is 1. The highest BCUT2D eigenvalue weighted by Crippen LogP contribution is 2.29. The summed E-state index contributed by atoms with van der Waals surface area (Å²) in [5.74, 6) is 0. The minimum absolute atomic E-state index is 0.456. The monoisotopic (exact) mass is 310 g/mol. The third-order valence-corrected chi connectivity index (χ3v) is 3.53. The summed E-state index contributed by atoms with van der Waals surface area (Å²) in [4.78, 5) is 0. The van der Waals surface area contributed by atoms with Crippen molar-refractivity contribution in [2.75, 3.05) is 10.6 Å². The van der Waals surface area contributed by atoms with E-state index in [-0.39, 0.29) is 0 Å². The SMILES string of the molecule is Cc1ccc(NC(=S)Nc2cccc(Cl)c2Cl)cc1. The van der Waals surface area contributed by atoms with Crippen molar-refractivity contribution in [3.05, 3.63) is 58.1 Å². The van der Waals surface area contributed by atoms with Crippen LogP contribution in [0.2, 0.25) is 10.0 Å². The van der Waals surface area contributed by atoms with Crippen molar-refractivity contribution >= 4 is 51.9 Å². The van der Waals surface area contributed by atoms with Crippen LogP contribution in [-0.2, 0) is 0 Å². The van der Waals surface area contributed by atoms with Crippen molar-refractivity contribution in [2.24, 2.45) is 0 Å². The van der Waals surface area contributed by atoms with Crippen molar-refractivity contribution < 1.29 is 0 Å². The average Bonchev–Trinajstić information content (AvgIpc) is 2.38. The number of thiocarbonyl (C=S) groups is 1. The topological polar surface area (TPSA) is 24.1 Å². The second kappa shape index (κ2) is 6.24. The van der Waals surface area contributed by atoms with Crippen molar-refractivity contribution in [1.29, 1.82) is 0 Å². The molecule has 2 N–H and O–H groups in total. The number of halogens is 2. The molecule has 0 amide bonds. The van der Waals surface area contributed by atoms with Gasteiger partial charge in [0.1, 0.15) is 0 Å². The van der Waals surface area contributed by atoms with E-state index in [1.807, 2.05) is 43.3 Å². The molecule has 2 aromatic carbocycles.